The fraction of sp³-hybridized carbons (Fsp3) is 0.562. The number of fused-ring (bicyclic) bond motifs is 1. The molecule has 6 heteroatoms. The van der Waals surface area contributed by atoms with Gasteiger partial charge in [0.25, 0.3) is 0 Å². The molecule has 1 aromatic rings. The van der Waals surface area contributed by atoms with E-state index in [1.54, 1.807) is 0 Å². The van der Waals surface area contributed by atoms with E-state index in [1.165, 1.54) is 0 Å². The van der Waals surface area contributed by atoms with Crippen molar-refractivity contribution in [2.24, 2.45) is 5.92 Å². The summed E-state index contributed by atoms with van der Waals surface area (Å²) in [7, 11) is 0. The number of carbonyl (C=O) groups is 1. The van der Waals surface area contributed by atoms with Crippen LogP contribution in [0.5, 0.6) is 11.5 Å². The molecule has 5 nitrogen and oxygen atoms in total. The number of nitrogens with one attached hydrogen (secondary N) is 1. The maximum Gasteiger partial charge on any atom is 0.223 e. The van der Waals surface area contributed by atoms with E-state index >= 15 is 0 Å². The maximum absolute atomic E-state index is 12.1. The summed E-state index contributed by atoms with van der Waals surface area (Å²) in [6, 6.07) is 3.70. The molecule has 1 aromatic carbocycles. The molecule has 1 N–H and O–H groups in total. The molecule has 1 amide bonds. The third kappa shape index (κ3) is 3.65. The van der Waals surface area contributed by atoms with Gasteiger partial charge in [-0.3, -0.25) is 4.79 Å². The number of hydrogen-bond donors (Lipinski definition) is 1. The van der Waals surface area contributed by atoms with Gasteiger partial charge in [0.2, 0.25) is 5.91 Å². The van der Waals surface area contributed by atoms with Crippen molar-refractivity contribution in [2.75, 3.05) is 26.4 Å². The summed E-state index contributed by atoms with van der Waals surface area (Å²) in [6.07, 6.45) is 2.41. The molecule has 3 rings (SSSR count). The molecule has 22 heavy (non-hydrogen) atoms. The van der Waals surface area contributed by atoms with Crippen LogP contribution in [0.15, 0.2) is 12.1 Å². The summed E-state index contributed by atoms with van der Waals surface area (Å²) >= 11 is 6.25. The number of hydrogen-bond acceptors (Lipinski definition) is 4. The molecule has 2 aliphatic rings. The molecule has 1 fully saturated rings. The lowest BCUT2D eigenvalue weighted by atomic mass is 9.99. The van der Waals surface area contributed by atoms with E-state index < -0.39 is 0 Å². The van der Waals surface area contributed by atoms with E-state index in [0.29, 0.717) is 49.5 Å². The second kappa shape index (κ2) is 7.20. The molecule has 1 saturated heterocycles. The van der Waals surface area contributed by atoms with E-state index in [4.69, 9.17) is 25.8 Å². The Morgan fingerprint density at radius 2 is 1.95 bits per heavy atom. The smallest absolute Gasteiger partial charge is 0.223 e. The predicted molar refractivity (Wildman–Crippen MR) is 82.4 cm³/mol. The van der Waals surface area contributed by atoms with E-state index in [1.807, 2.05) is 12.1 Å². The quantitative estimate of drug-likeness (QED) is 0.928. The second-order valence-corrected chi connectivity index (χ2v) is 5.97. The normalized spacial score (nSPS) is 18.6. The minimum absolute atomic E-state index is 0.0460. The van der Waals surface area contributed by atoms with Crippen molar-refractivity contribution < 1.29 is 19.0 Å². The van der Waals surface area contributed by atoms with Crippen LogP contribution in [0, 0.1) is 5.92 Å². The molecule has 0 aromatic heterocycles. The largest absolute Gasteiger partial charge is 0.489 e. The highest BCUT2D eigenvalue weighted by Crippen LogP contribution is 2.37. The van der Waals surface area contributed by atoms with Gasteiger partial charge in [-0.25, -0.2) is 0 Å². The zero-order valence-electron chi connectivity index (χ0n) is 12.4. The van der Waals surface area contributed by atoms with Crippen molar-refractivity contribution in [3.8, 4) is 11.5 Å². The van der Waals surface area contributed by atoms with Gasteiger partial charge in [0.1, 0.15) is 0 Å². The standard InChI is InChI=1S/C16H20ClNO4/c17-13-8-11(9-14-15(13)22-5-1-4-21-14)10-18-16(19)12-2-6-20-7-3-12/h8-9,12H,1-7,10H2,(H,18,19). The average Bonchev–Trinajstić information content (AvgIpc) is 2.79. The topological polar surface area (TPSA) is 56.8 Å². The van der Waals surface area contributed by atoms with Crippen LogP contribution in [0.2, 0.25) is 5.02 Å². The Hall–Kier alpha value is -1.46. The van der Waals surface area contributed by atoms with Gasteiger partial charge in [-0.05, 0) is 30.5 Å². The number of rotatable bonds is 3. The van der Waals surface area contributed by atoms with Crippen molar-refractivity contribution in [3.63, 3.8) is 0 Å². The van der Waals surface area contributed by atoms with Gasteiger partial charge in [-0.15, -0.1) is 0 Å². The van der Waals surface area contributed by atoms with Crippen LogP contribution in [-0.4, -0.2) is 32.3 Å². The van der Waals surface area contributed by atoms with Crippen LogP contribution in [0.3, 0.4) is 0 Å². The number of benzene rings is 1. The summed E-state index contributed by atoms with van der Waals surface area (Å²) < 4.78 is 16.5. The third-order valence-corrected chi connectivity index (χ3v) is 4.20. The molecule has 120 valence electrons. The first kappa shape index (κ1) is 15.4. The van der Waals surface area contributed by atoms with E-state index in [2.05, 4.69) is 5.32 Å². The summed E-state index contributed by atoms with van der Waals surface area (Å²) in [5, 5.41) is 3.49. The zero-order valence-corrected chi connectivity index (χ0v) is 13.2. The molecule has 0 spiro atoms. The highest BCUT2D eigenvalue weighted by Gasteiger charge is 2.21. The van der Waals surface area contributed by atoms with Crippen molar-refractivity contribution in [2.45, 2.75) is 25.8 Å². The lowest BCUT2D eigenvalue weighted by Gasteiger charge is -2.21. The van der Waals surface area contributed by atoms with Gasteiger partial charge in [0, 0.05) is 32.1 Å². The lowest BCUT2D eigenvalue weighted by molar-refractivity contribution is -0.128. The minimum atomic E-state index is 0.0460. The van der Waals surface area contributed by atoms with Gasteiger partial charge in [0.15, 0.2) is 11.5 Å². The lowest BCUT2D eigenvalue weighted by Crippen LogP contribution is -2.33. The minimum Gasteiger partial charge on any atom is -0.489 e. The summed E-state index contributed by atoms with van der Waals surface area (Å²) in [6.45, 7) is 2.97. The number of ether oxygens (including phenoxy) is 3. The third-order valence-electron chi connectivity index (χ3n) is 3.92. The molecular weight excluding hydrogens is 306 g/mol. The molecule has 0 aliphatic carbocycles. The Labute approximate surface area is 134 Å². The average molecular weight is 326 g/mol. The number of amides is 1. The Morgan fingerprint density at radius 1 is 1.18 bits per heavy atom. The van der Waals surface area contributed by atoms with Crippen LogP contribution in [0.25, 0.3) is 0 Å². The van der Waals surface area contributed by atoms with Crippen molar-refractivity contribution in [1.29, 1.82) is 0 Å². The van der Waals surface area contributed by atoms with E-state index in [9.17, 15) is 4.79 Å². The molecule has 0 unspecified atom stereocenters. The number of halogens is 1. The fourth-order valence-corrected chi connectivity index (χ4v) is 2.97. The first-order valence-electron chi connectivity index (χ1n) is 7.67. The van der Waals surface area contributed by atoms with E-state index in [-0.39, 0.29) is 11.8 Å². The molecule has 0 bridgehead atoms. The first-order valence-corrected chi connectivity index (χ1v) is 8.05. The van der Waals surface area contributed by atoms with Gasteiger partial charge in [0.05, 0.1) is 18.2 Å². The van der Waals surface area contributed by atoms with Gasteiger partial charge in [-0.2, -0.15) is 0 Å². The van der Waals surface area contributed by atoms with Crippen LogP contribution in [0.1, 0.15) is 24.8 Å². The fourth-order valence-electron chi connectivity index (χ4n) is 2.68. The maximum atomic E-state index is 12.1. The first-order chi connectivity index (χ1) is 10.7. The summed E-state index contributed by atoms with van der Waals surface area (Å²) in [5.41, 5.74) is 0.912. The predicted octanol–water partition coefficient (Wildman–Crippen LogP) is 2.54. The molecule has 0 saturated carbocycles. The van der Waals surface area contributed by atoms with Crippen molar-refractivity contribution in [3.05, 3.63) is 22.7 Å². The molecule has 2 heterocycles. The van der Waals surface area contributed by atoms with E-state index in [0.717, 1.165) is 24.8 Å². The van der Waals surface area contributed by atoms with Crippen LogP contribution >= 0.6 is 11.6 Å². The number of carbonyl (C=O) groups excluding carboxylic acids is 1. The Kier molecular flexibility index (Phi) is 5.05. The Bertz CT molecular complexity index is 543. The van der Waals surface area contributed by atoms with Crippen molar-refractivity contribution >= 4 is 17.5 Å². The zero-order chi connectivity index (χ0) is 15.4. The molecule has 0 radical (unpaired) electrons. The summed E-state index contributed by atoms with van der Waals surface area (Å²) in [5.74, 6) is 1.37. The molecular formula is C16H20ClNO4. The van der Waals surface area contributed by atoms with Gasteiger partial charge in [-0.1, -0.05) is 11.6 Å². The highest BCUT2D eigenvalue weighted by molar-refractivity contribution is 6.32. The van der Waals surface area contributed by atoms with Gasteiger partial charge < -0.3 is 19.5 Å². The molecule has 0 atom stereocenters. The van der Waals surface area contributed by atoms with Crippen LogP contribution in [-0.2, 0) is 16.1 Å². The van der Waals surface area contributed by atoms with Gasteiger partial charge >= 0.3 is 0 Å². The Balaban J connectivity index is 1.64. The van der Waals surface area contributed by atoms with Crippen molar-refractivity contribution in [1.82, 2.24) is 5.32 Å². The SMILES string of the molecule is O=C(NCc1cc(Cl)c2c(c1)OCCCO2)C1CCOCC1. The Morgan fingerprint density at radius 3 is 2.77 bits per heavy atom. The monoisotopic (exact) mass is 325 g/mol. The summed E-state index contributed by atoms with van der Waals surface area (Å²) in [4.78, 5) is 12.1. The molecule has 2 aliphatic heterocycles. The van der Waals surface area contributed by atoms with Crippen LogP contribution < -0.4 is 14.8 Å². The second-order valence-electron chi connectivity index (χ2n) is 5.56. The van der Waals surface area contributed by atoms with Crippen LogP contribution in [0.4, 0.5) is 0 Å². The highest BCUT2D eigenvalue weighted by atomic mass is 35.5.